The SMILES string of the molecule is CCCc1ccc(OC2CCCCCCC2O)cc1. The van der Waals surface area contributed by atoms with Crippen molar-refractivity contribution in [2.24, 2.45) is 0 Å². The Labute approximate surface area is 116 Å². The van der Waals surface area contributed by atoms with Gasteiger partial charge in [-0.15, -0.1) is 0 Å². The second-order valence-electron chi connectivity index (χ2n) is 5.61. The van der Waals surface area contributed by atoms with Crippen LogP contribution in [0.15, 0.2) is 24.3 Å². The van der Waals surface area contributed by atoms with Gasteiger partial charge in [-0.3, -0.25) is 0 Å². The molecule has 1 aliphatic carbocycles. The monoisotopic (exact) mass is 262 g/mol. The van der Waals surface area contributed by atoms with E-state index in [0.717, 1.165) is 37.9 Å². The number of rotatable bonds is 4. The maximum atomic E-state index is 10.1. The maximum Gasteiger partial charge on any atom is 0.124 e. The molecule has 2 heteroatoms. The molecule has 0 aromatic heterocycles. The first-order valence-electron chi connectivity index (χ1n) is 7.73. The zero-order valence-corrected chi connectivity index (χ0v) is 12.0. The number of aliphatic hydroxyl groups excluding tert-OH is 1. The molecule has 0 bridgehead atoms. The van der Waals surface area contributed by atoms with Gasteiger partial charge in [-0.25, -0.2) is 0 Å². The van der Waals surface area contributed by atoms with E-state index in [9.17, 15) is 5.11 Å². The highest BCUT2D eigenvalue weighted by atomic mass is 16.5. The van der Waals surface area contributed by atoms with Crippen LogP contribution >= 0.6 is 0 Å². The van der Waals surface area contributed by atoms with Crippen molar-refractivity contribution in [3.8, 4) is 5.75 Å². The Bertz CT molecular complexity index is 358. The van der Waals surface area contributed by atoms with Gasteiger partial charge in [0.15, 0.2) is 0 Å². The molecule has 1 fully saturated rings. The van der Waals surface area contributed by atoms with Crippen LogP contribution in [0.5, 0.6) is 5.75 Å². The summed E-state index contributed by atoms with van der Waals surface area (Å²) in [7, 11) is 0. The van der Waals surface area contributed by atoms with Crippen molar-refractivity contribution in [3.63, 3.8) is 0 Å². The summed E-state index contributed by atoms with van der Waals surface area (Å²) >= 11 is 0. The van der Waals surface area contributed by atoms with Crippen molar-refractivity contribution in [2.75, 3.05) is 0 Å². The molecule has 2 atom stereocenters. The highest BCUT2D eigenvalue weighted by molar-refractivity contribution is 5.27. The van der Waals surface area contributed by atoms with Crippen molar-refractivity contribution >= 4 is 0 Å². The molecule has 1 aromatic rings. The zero-order chi connectivity index (χ0) is 13.5. The van der Waals surface area contributed by atoms with Gasteiger partial charge < -0.3 is 9.84 Å². The summed E-state index contributed by atoms with van der Waals surface area (Å²) in [6.07, 6.45) is 8.58. The van der Waals surface area contributed by atoms with E-state index in [1.165, 1.54) is 24.8 Å². The second kappa shape index (κ2) is 7.54. The van der Waals surface area contributed by atoms with Crippen molar-refractivity contribution in [1.82, 2.24) is 0 Å². The average molecular weight is 262 g/mol. The van der Waals surface area contributed by atoms with Crippen LogP contribution in [-0.2, 0) is 6.42 Å². The molecule has 1 aliphatic rings. The fourth-order valence-corrected chi connectivity index (χ4v) is 2.77. The normalized spacial score (nSPS) is 24.5. The average Bonchev–Trinajstić information content (AvgIpc) is 2.41. The Morgan fingerprint density at radius 3 is 2.42 bits per heavy atom. The molecule has 0 heterocycles. The van der Waals surface area contributed by atoms with Gasteiger partial charge in [0.1, 0.15) is 11.9 Å². The molecule has 1 N–H and O–H groups in total. The van der Waals surface area contributed by atoms with E-state index in [1.807, 2.05) is 12.1 Å². The summed E-state index contributed by atoms with van der Waals surface area (Å²) in [5.74, 6) is 0.893. The number of hydrogen-bond acceptors (Lipinski definition) is 2. The Kier molecular flexibility index (Phi) is 5.71. The van der Waals surface area contributed by atoms with Gasteiger partial charge in [-0.05, 0) is 43.4 Å². The molecule has 0 radical (unpaired) electrons. The van der Waals surface area contributed by atoms with Crippen LogP contribution in [0.4, 0.5) is 0 Å². The van der Waals surface area contributed by atoms with Gasteiger partial charge in [-0.2, -0.15) is 0 Å². The summed E-state index contributed by atoms with van der Waals surface area (Å²) < 4.78 is 5.99. The van der Waals surface area contributed by atoms with Gasteiger partial charge in [-0.1, -0.05) is 44.7 Å². The molecule has 2 nitrogen and oxygen atoms in total. The first-order chi connectivity index (χ1) is 9.29. The number of aryl methyl sites for hydroxylation is 1. The predicted octanol–water partition coefficient (Wildman–Crippen LogP) is 4.10. The van der Waals surface area contributed by atoms with Crippen molar-refractivity contribution in [2.45, 2.75) is 70.5 Å². The van der Waals surface area contributed by atoms with E-state index in [1.54, 1.807) is 0 Å². The van der Waals surface area contributed by atoms with Crippen LogP contribution in [0.3, 0.4) is 0 Å². The van der Waals surface area contributed by atoms with E-state index in [0.29, 0.717) is 0 Å². The van der Waals surface area contributed by atoms with E-state index < -0.39 is 0 Å². The standard InChI is InChI=1S/C17H26O2/c1-2-7-14-10-12-15(13-11-14)19-17-9-6-4-3-5-8-16(17)18/h10-13,16-18H,2-9H2,1H3. The first-order valence-corrected chi connectivity index (χ1v) is 7.73. The molecule has 2 unspecified atom stereocenters. The van der Waals surface area contributed by atoms with Crippen molar-refractivity contribution in [3.05, 3.63) is 29.8 Å². The topological polar surface area (TPSA) is 29.5 Å². The van der Waals surface area contributed by atoms with Crippen LogP contribution in [0.1, 0.15) is 57.4 Å². The van der Waals surface area contributed by atoms with Gasteiger partial charge in [0.05, 0.1) is 6.10 Å². The van der Waals surface area contributed by atoms with Gasteiger partial charge in [0.25, 0.3) is 0 Å². The lowest BCUT2D eigenvalue weighted by Crippen LogP contribution is -2.32. The van der Waals surface area contributed by atoms with E-state index in [4.69, 9.17) is 4.74 Å². The second-order valence-corrected chi connectivity index (χ2v) is 5.61. The maximum absolute atomic E-state index is 10.1. The van der Waals surface area contributed by atoms with Crippen LogP contribution in [0.25, 0.3) is 0 Å². The molecule has 0 saturated heterocycles. The minimum absolute atomic E-state index is 0.0303. The lowest BCUT2D eigenvalue weighted by Gasteiger charge is -2.26. The number of hydrogen-bond donors (Lipinski definition) is 1. The Morgan fingerprint density at radius 1 is 1.05 bits per heavy atom. The third kappa shape index (κ3) is 4.54. The van der Waals surface area contributed by atoms with Gasteiger partial charge in [0, 0.05) is 0 Å². The summed E-state index contributed by atoms with van der Waals surface area (Å²) in [5.41, 5.74) is 1.35. The minimum Gasteiger partial charge on any atom is -0.488 e. The largest absolute Gasteiger partial charge is 0.488 e. The Morgan fingerprint density at radius 2 is 1.74 bits per heavy atom. The third-order valence-corrected chi connectivity index (χ3v) is 3.92. The van der Waals surface area contributed by atoms with Crippen LogP contribution in [-0.4, -0.2) is 17.3 Å². The molecule has 0 amide bonds. The number of ether oxygens (including phenoxy) is 1. The first kappa shape index (κ1) is 14.4. The lowest BCUT2D eigenvalue weighted by atomic mass is 9.96. The molecule has 0 aliphatic heterocycles. The molecule has 1 aromatic carbocycles. The van der Waals surface area contributed by atoms with E-state index >= 15 is 0 Å². The fraction of sp³-hybridized carbons (Fsp3) is 0.647. The molecular weight excluding hydrogens is 236 g/mol. The zero-order valence-electron chi connectivity index (χ0n) is 12.0. The quantitative estimate of drug-likeness (QED) is 0.885. The highest BCUT2D eigenvalue weighted by Crippen LogP contribution is 2.23. The van der Waals surface area contributed by atoms with Gasteiger partial charge >= 0.3 is 0 Å². The molecular formula is C17H26O2. The summed E-state index contributed by atoms with van der Waals surface area (Å²) in [6.45, 7) is 2.19. The molecule has 1 saturated carbocycles. The molecule has 2 rings (SSSR count). The predicted molar refractivity (Wildman–Crippen MR) is 78.6 cm³/mol. The van der Waals surface area contributed by atoms with Crippen molar-refractivity contribution < 1.29 is 9.84 Å². The fourth-order valence-electron chi connectivity index (χ4n) is 2.77. The van der Waals surface area contributed by atoms with Crippen molar-refractivity contribution in [1.29, 1.82) is 0 Å². The van der Waals surface area contributed by atoms with Crippen LogP contribution < -0.4 is 4.74 Å². The number of aliphatic hydroxyl groups is 1. The Balaban J connectivity index is 1.93. The lowest BCUT2D eigenvalue weighted by molar-refractivity contribution is 0.0187. The molecule has 0 spiro atoms. The summed E-state index contributed by atoms with van der Waals surface area (Å²) in [4.78, 5) is 0. The highest BCUT2D eigenvalue weighted by Gasteiger charge is 2.22. The summed E-state index contributed by atoms with van der Waals surface area (Å²) in [6, 6.07) is 8.34. The molecule has 106 valence electrons. The Hall–Kier alpha value is -1.02. The molecule has 19 heavy (non-hydrogen) atoms. The minimum atomic E-state index is -0.310. The number of benzene rings is 1. The van der Waals surface area contributed by atoms with E-state index in [2.05, 4.69) is 19.1 Å². The van der Waals surface area contributed by atoms with Gasteiger partial charge in [0.2, 0.25) is 0 Å². The van der Waals surface area contributed by atoms with Crippen LogP contribution in [0, 0.1) is 0 Å². The summed E-state index contributed by atoms with van der Waals surface area (Å²) in [5, 5.41) is 10.1. The van der Waals surface area contributed by atoms with Crippen LogP contribution in [0.2, 0.25) is 0 Å². The van der Waals surface area contributed by atoms with E-state index in [-0.39, 0.29) is 12.2 Å². The third-order valence-electron chi connectivity index (χ3n) is 3.92. The smallest absolute Gasteiger partial charge is 0.124 e.